The van der Waals surface area contributed by atoms with E-state index in [-0.39, 0.29) is 6.04 Å². The smallest absolute Gasteiger partial charge is 0.0949 e. The van der Waals surface area contributed by atoms with Crippen molar-refractivity contribution in [1.82, 2.24) is 25.1 Å². The molecule has 1 atom stereocenters. The normalized spacial score (nSPS) is 12.6. The van der Waals surface area contributed by atoms with Crippen LogP contribution in [0.4, 0.5) is 0 Å². The zero-order valence-corrected chi connectivity index (χ0v) is 13.7. The molecule has 20 heavy (non-hydrogen) atoms. The summed E-state index contributed by atoms with van der Waals surface area (Å²) in [7, 11) is 0. The third-order valence-corrected chi connectivity index (χ3v) is 3.66. The number of halogens is 1. The lowest BCUT2D eigenvalue weighted by atomic mass is 10.1. The summed E-state index contributed by atoms with van der Waals surface area (Å²) in [5.74, 6) is 0. The van der Waals surface area contributed by atoms with Gasteiger partial charge in [0.25, 0.3) is 0 Å². The van der Waals surface area contributed by atoms with Crippen molar-refractivity contribution >= 4 is 15.9 Å². The van der Waals surface area contributed by atoms with Crippen molar-refractivity contribution in [2.75, 3.05) is 6.54 Å². The van der Waals surface area contributed by atoms with E-state index in [2.05, 4.69) is 50.2 Å². The van der Waals surface area contributed by atoms with Gasteiger partial charge in [0, 0.05) is 12.7 Å². The molecule has 0 aromatic carbocycles. The molecule has 0 saturated heterocycles. The van der Waals surface area contributed by atoms with Crippen LogP contribution in [0, 0.1) is 6.92 Å². The van der Waals surface area contributed by atoms with E-state index < -0.39 is 0 Å². The molecule has 0 bridgehead atoms. The van der Waals surface area contributed by atoms with Gasteiger partial charge in [0.15, 0.2) is 0 Å². The second-order valence-electron chi connectivity index (χ2n) is 4.67. The maximum atomic E-state index is 4.51. The highest BCUT2D eigenvalue weighted by Gasteiger charge is 2.22. The first-order valence-electron chi connectivity index (χ1n) is 6.90. The Labute approximate surface area is 128 Å². The van der Waals surface area contributed by atoms with Crippen molar-refractivity contribution in [2.45, 2.75) is 39.8 Å². The highest BCUT2D eigenvalue weighted by atomic mass is 79.9. The molecule has 2 aromatic rings. The monoisotopic (exact) mass is 337 g/mol. The Morgan fingerprint density at radius 3 is 2.65 bits per heavy atom. The molecule has 0 radical (unpaired) electrons. The first-order chi connectivity index (χ1) is 9.67. The molecule has 0 fully saturated rings. The molecule has 6 heteroatoms. The number of nitrogens with one attached hydrogen (secondary N) is 1. The average molecular weight is 338 g/mol. The minimum Gasteiger partial charge on any atom is -0.304 e. The number of hydrogen-bond acceptors (Lipinski definition) is 4. The van der Waals surface area contributed by atoms with Crippen LogP contribution in [0.5, 0.6) is 0 Å². The van der Waals surface area contributed by atoms with Gasteiger partial charge in [-0.15, -0.1) is 0 Å². The van der Waals surface area contributed by atoms with Crippen LogP contribution in [0.15, 0.2) is 23.1 Å². The first kappa shape index (κ1) is 15.1. The molecule has 2 heterocycles. The molecule has 2 aromatic heterocycles. The highest BCUT2D eigenvalue weighted by Crippen LogP contribution is 2.27. The first-order valence-corrected chi connectivity index (χ1v) is 7.69. The van der Waals surface area contributed by atoms with Gasteiger partial charge in [-0.05, 0) is 35.8 Å². The van der Waals surface area contributed by atoms with Gasteiger partial charge in [0.1, 0.15) is 0 Å². The lowest BCUT2D eigenvalue weighted by Crippen LogP contribution is -2.26. The van der Waals surface area contributed by atoms with E-state index >= 15 is 0 Å². The largest absolute Gasteiger partial charge is 0.304 e. The highest BCUT2D eigenvalue weighted by molar-refractivity contribution is 9.10. The second kappa shape index (κ2) is 6.95. The van der Waals surface area contributed by atoms with Crippen LogP contribution < -0.4 is 5.32 Å². The summed E-state index contributed by atoms with van der Waals surface area (Å²) >= 11 is 3.60. The number of rotatable bonds is 6. The summed E-state index contributed by atoms with van der Waals surface area (Å²) in [5, 5.41) is 7.90. The second-order valence-corrected chi connectivity index (χ2v) is 5.53. The number of nitrogens with zero attached hydrogens (tertiary/aromatic N) is 4. The molecule has 0 spiro atoms. The van der Waals surface area contributed by atoms with Gasteiger partial charge in [-0.2, -0.15) is 5.10 Å². The van der Waals surface area contributed by atoms with Gasteiger partial charge in [0.2, 0.25) is 0 Å². The molecule has 0 aliphatic rings. The Bertz CT molecular complexity index is 549. The SMILES string of the molecule is CCCn1ncc(Br)c1C(NCC)c1cnc(C)cn1. The standard InChI is InChI=1S/C14H20BrN5/c1-4-6-20-14(11(15)8-19-20)13(16-5-2)12-9-17-10(3)7-18-12/h7-9,13,16H,4-6H2,1-3H3. The number of hydrogen-bond donors (Lipinski definition) is 1. The van der Waals surface area contributed by atoms with Crippen molar-refractivity contribution in [3.63, 3.8) is 0 Å². The van der Waals surface area contributed by atoms with E-state index in [1.807, 2.05) is 24.0 Å². The fraction of sp³-hybridized carbons (Fsp3) is 0.500. The van der Waals surface area contributed by atoms with Gasteiger partial charge >= 0.3 is 0 Å². The fourth-order valence-electron chi connectivity index (χ4n) is 2.15. The molecular formula is C14H20BrN5. The lowest BCUT2D eigenvalue weighted by Gasteiger charge is -2.19. The van der Waals surface area contributed by atoms with Gasteiger partial charge in [0.05, 0.1) is 40.0 Å². The molecule has 1 unspecified atom stereocenters. The van der Waals surface area contributed by atoms with Crippen molar-refractivity contribution in [3.8, 4) is 0 Å². The summed E-state index contributed by atoms with van der Waals surface area (Å²) < 4.78 is 3.03. The number of aryl methyl sites for hydroxylation is 2. The van der Waals surface area contributed by atoms with E-state index in [4.69, 9.17) is 0 Å². The Balaban J connectivity index is 2.42. The van der Waals surface area contributed by atoms with Crippen LogP contribution in [-0.2, 0) is 6.54 Å². The average Bonchev–Trinajstić information content (AvgIpc) is 2.79. The van der Waals surface area contributed by atoms with Gasteiger partial charge < -0.3 is 5.32 Å². The zero-order valence-electron chi connectivity index (χ0n) is 12.1. The van der Waals surface area contributed by atoms with E-state index in [0.717, 1.165) is 41.1 Å². The summed E-state index contributed by atoms with van der Waals surface area (Å²) in [5.41, 5.74) is 2.94. The van der Waals surface area contributed by atoms with Gasteiger partial charge in [-0.25, -0.2) is 0 Å². The number of aromatic nitrogens is 4. The summed E-state index contributed by atoms with van der Waals surface area (Å²) in [4.78, 5) is 8.86. The topological polar surface area (TPSA) is 55.6 Å². The summed E-state index contributed by atoms with van der Waals surface area (Å²) in [6.45, 7) is 7.92. The third-order valence-electron chi connectivity index (χ3n) is 3.05. The lowest BCUT2D eigenvalue weighted by molar-refractivity contribution is 0.512. The van der Waals surface area contributed by atoms with Crippen molar-refractivity contribution in [1.29, 1.82) is 0 Å². The van der Waals surface area contributed by atoms with Gasteiger partial charge in [-0.1, -0.05) is 13.8 Å². The molecule has 0 aliphatic carbocycles. The maximum absolute atomic E-state index is 4.51. The minimum absolute atomic E-state index is 0.00322. The Kier molecular flexibility index (Phi) is 5.25. The van der Waals surface area contributed by atoms with Crippen molar-refractivity contribution < 1.29 is 0 Å². The van der Waals surface area contributed by atoms with Crippen LogP contribution in [0.3, 0.4) is 0 Å². The van der Waals surface area contributed by atoms with Crippen LogP contribution in [0.25, 0.3) is 0 Å². The van der Waals surface area contributed by atoms with E-state index in [1.165, 1.54) is 0 Å². The van der Waals surface area contributed by atoms with E-state index in [0.29, 0.717) is 0 Å². The molecule has 108 valence electrons. The predicted octanol–water partition coefficient (Wildman–Crippen LogP) is 2.85. The predicted molar refractivity (Wildman–Crippen MR) is 82.5 cm³/mol. The molecule has 2 rings (SSSR count). The van der Waals surface area contributed by atoms with E-state index in [1.54, 1.807) is 6.20 Å². The summed E-state index contributed by atoms with van der Waals surface area (Å²) in [6, 6.07) is -0.00322. The molecule has 0 amide bonds. The molecule has 5 nitrogen and oxygen atoms in total. The third kappa shape index (κ3) is 3.24. The zero-order chi connectivity index (χ0) is 14.5. The Morgan fingerprint density at radius 1 is 1.25 bits per heavy atom. The van der Waals surface area contributed by atoms with Gasteiger partial charge in [-0.3, -0.25) is 14.6 Å². The molecule has 1 N–H and O–H groups in total. The van der Waals surface area contributed by atoms with Crippen LogP contribution >= 0.6 is 15.9 Å². The molecular weight excluding hydrogens is 318 g/mol. The minimum atomic E-state index is -0.00322. The quantitative estimate of drug-likeness (QED) is 0.880. The fourth-order valence-corrected chi connectivity index (χ4v) is 2.67. The van der Waals surface area contributed by atoms with Crippen LogP contribution in [0.2, 0.25) is 0 Å². The van der Waals surface area contributed by atoms with Crippen LogP contribution in [-0.4, -0.2) is 26.3 Å². The van der Waals surface area contributed by atoms with E-state index in [9.17, 15) is 0 Å². The molecule has 0 saturated carbocycles. The van der Waals surface area contributed by atoms with Crippen molar-refractivity contribution in [2.24, 2.45) is 0 Å². The Hall–Kier alpha value is -1.27. The van der Waals surface area contributed by atoms with Crippen LogP contribution in [0.1, 0.15) is 43.4 Å². The molecule has 0 aliphatic heterocycles. The maximum Gasteiger partial charge on any atom is 0.0949 e. The Morgan fingerprint density at radius 2 is 2.05 bits per heavy atom. The summed E-state index contributed by atoms with van der Waals surface area (Å²) in [6.07, 6.45) is 6.52. The van der Waals surface area contributed by atoms with Crippen molar-refractivity contribution in [3.05, 3.63) is 40.1 Å².